The van der Waals surface area contributed by atoms with Gasteiger partial charge in [-0.3, -0.25) is 14.4 Å². The van der Waals surface area contributed by atoms with Gasteiger partial charge in [-0.05, 0) is 89.9 Å². The molecule has 404 valence electrons. The number of aliphatic hydroxyl groups excluding tert-OH is 2. The topological polar surface area (TPSA) is 175 Å². The molecular formula is C59H96O12. The van der Waals surface area contributed by atoms with E-state index >= 15 is 0 Å². The molecule has 0 spiro atoms. The quantitative estimate of drug-likeness (QED) is 0.0228. The molecule has 0 radical (unpaired) electrons. The summed E-state index contributed by atoms with van der Waals surface area (Å²) in [6.45, 7) is 5.74. The van der Waals surface area contributed by atoms with E-state index in [1.807, 2.05) is 6.08 Å². The van der Waals surface area contributed by atoms with Crippen LogP contribution in [-0.2, 0) is 42.9 Å². The minimum Gasteiger partial charge on any atom is -0.479 e. The molecule has 0 aromatic carbocycles. The Morgan fingerprint density at radius 1 is 0.479 bits per heavy atom. The van der Waals surface area contributed by atoms with E-state index in [4.69, 9.17) is 23.7 Å². The van der Waals surface area contributed by atoms with Crippen molar-refractivity contribution >= 4 is 23.9 Å². The Hall–Kier alpha value is -4.10. The van der Waals surface area contributed by atoms with Gasteiger partial charge >= 0.3 is 23.9 Å². The maximum absolute atomic E-state index is 13.1. The Morgan fingerprint density at radius 3 is 1.42 bits per heavy atom. The van der Waals surface area contributed by atoms with Crippen LogP contribution in [0.3, 0.4) is 0 Å². The lowest BCUT2D eigenvalue weighted by Gasteiger charge is -2.40. The van der Waals surface area contributed by atoms with Gasteiger partial charge in [-0.15, -0.1) is 0 Å². The van der Waals surface area contributed by atoms with E-state index < -0.39 is 67.3 Å². The number of aliphatic hydroxyl groups is 2. The molecule has 71 heavy (non-hydrogen) atoms. The van der Waals surface area contributed by atoms with Gasteiger partial charge in [0.15, 0.2) is 24.6 Å². The van der Waals surface area contributed by atoms with Gasteiger partial charge in [-0.2, -0.15) is 0 Å². The number of carboxylic acid groups (broad SMARTS) is 1. The van der Waals surface area contributed by atoms with Crippen molar-refractivity contribution in [2.24, 2.45) is 0 Å². The third-order valence-electron chi connectivity index (χ3n) is 12.0. The number of carbonyl (C=O) groups excluding carboxylic acids is 3. The summed E-state index contributed by atoms with van der Waals surface area (Å²) in [5.74, 6) is -3.22. The highest BCUT2D eigenvalue weighted by Crippen LogP contribution is 2.26. The van der Waals surface area contributed by atoms with Crippen molar-refractivity contribution in [1.82, 2.24) is 0 Å². The molecule has 6 atom stereocenters. The number of aliphatic carboxylic acids is 1. The van der Waals surface area contributed by atoms with E-state index in [0.717, 1.165) is 103 Å². The van der Waals surface area contributed by atoms with E-state index in [1.54, 1.807) is 0 Å². The molecule has 0 aromatic rings. The standard InChI is InChI=1S/C59H96O12/c1-4-7-10-13-16-19-21-23-25-26-28-29-31-34-36-39-42-45-51(60)67-48-50(69-52(61)46-43-40-38-35-32-30-27-24-22-20-17-14-11-8-5-2)49-68-59-57(55(64)54(63)56(71-59)58(65)66)70-53(62)47-44-41-37-33-18-15-12-9-6-3/h7,10,16-17,19-20,23-25,27-29,34,36,50,54-57,59,63-64H,4-6,8-9,11-15,18,21-22,26,30-33,35,37-49H2,1-3H3,(H,65,66)/b10-7-,19-16-,20-17-,25-23-,27-24-,29-28-,36-34-. The Labute approximate surface area is 429 Å². The summed E-state index contributed by atoms with van der Waals surface area (Å²) in [6, 6.07) is 0. The van der Waals surface area contributed by atoms with E-state index in [9.17, 15) is 34.5 Å². The van der Waals surface area contributed by atoms with Gasteiger partial charge in [0.25, 0.3) is 0 Å². The molecule has 1 rings (SSSR count). The first-order chi connectivity index (χ1) is 34.6. The van der Waals surface area contributed by atoms with Crippen molar-refractivity contribution in [3.63, 3.8) is 0 Å². The lowest BCUT2D eigenvalue weighted by Crippen LogP contribution is -2.61. The molecule has 3 N–H and O–H groups in total. The van der Waals surface area contributed by atoms with Gasteiger partial charge in [0.05, 0.1) is 6.61 Å². The predicted molar refractivity (Wildman–Crippen MR) is 284 cm³/mol. The van der Waals surface area contributed by atoms with Crippen LogP contribution in [0.2, 0.25) is 0 Å². The van der Waals surface area contributed by atoms with Crippen LogP contribution in [0, 0.1) is 0 Å². The fourth-order valence-corrected chi connectivity index (χ4v) is 7.73. The SMILES string of the molecule is CC/C=C\C/C=C\C/C=C\C/C=C\C/C=C\CCCC(=O)OCC(COC1OC(C(=O)O)C(O)C(O)C1OC(=O)CCCCCCCCCCC)OC(=O)CCCCCCC/C=C\C/C=C\CCCCC. The molecule has 0 amide bonds. The second-order valence-electron chi connectivity index (χ2n) is 18.5. The van der Waals surface area contributed by atoms with Crippen molar-refractivity contribution in [2.45, 2.75) is 250 Å². The van der Waals surface area contributed by atoms with Crippen molar-refractivity contribution in [3.05, 3.63) is 85.1 Å². The summed E-state index contributed by atoms with van der Waals surface area (Å²) in [5.41, 5.74) is 0. The van der Waals surface area contributed by atoms with Crippen LogP contribution in [-0.4, -0.2) is 89.2 Å². The maximum atomic E-state index is 13.1. The molecule has 0 aliphatic carbocycles. The highest BCUT2D eigenvalue weighted by molar-refractivity contribution is 5.74. The largest absolute Gasteiger partial charge is 0.479 e. The molecule has 6 unspecified atom stereocenters. The van der Waals surface area contributed by atoms with Crippen LogP contribution >= 0.6 is 0 Å². The number of esters is 3. The summed E-state index contributed by atoms with van der Waals surface area (Å²) in [7, 11) is 0. The van der Waals surface area contributed by atoms with Crippen molar-refractivity contribution in [3.8, 4) is 0 Å². The van der Waals surface area contributed by atoms with E-state index in [1.165, 1.54) is 44.9 Å². The van der Waals surface area contributed by atoms with Gasteiger partial charge in [-0.25, -0.2) is 4.79 Å². The molecule has 0 saturated carbocycles. The Bertz CT molecular complexity index is 1560. The lowest BCUT2D eigenvalue weighted by molar-refractivity contribution is -0.301. The molecule has 1 aliphatic rings. The van der Waals surface area contributed by atoms with E-state index in [-0.39, 0.29) is 25.9 Å². The number of rotatable bonds is 45. The molecule has 0 bridgehead atoms. The maximum Gasteiger partial charge on any atom is 0.335 e. The van der Waals surface area contributed by atoms with Crippen molar-refractivity contribution in [1.29, 1.82) is 0 Å². The highest BCUT2D eigenvalue weighted by atomic mass is 16.7. The fraction of sp³-hybridized carbons (Fsp3) is 0.695. The average Bonchev–Trinajstić information content (AvgIpc) is 3.35. The zero-order valence-corrected chi connectivity index (χ0v) is 44.2. The normalized spacial score (nSPS) is 19.1. The molecule has 1 aliphatic heterocycles. The van der Waals surface area contributed by atoms with Crippen LogP contribution < -0.4 is 0 Å². The number of unbranched alkanes of at least 4 members (excludes halogenated alkanes) is 17. The van der Waals surface area contributed by atoms with Crippen molar-refractivity contribution < 1.29 is 58.2 Å². The monoisotopic (exact) mass is 997 g/mol. The van der Waals surface area contributed by atoms with Gasteiger partial charge in [-0.1, -0.05) is 189 Å². The van der Waals surface area contributed by atoms with Crippen molar-refractivity contribution in [2.75, 3.05) is 13.2 Å². The average molecular weight is 997 g/mol. The summed E-state index contributed by atoms with van der Waals surface area (Å²) in [6.07, 6.45) is 47.2. The molecular weight excluding hydrogens is 901 g/mol. The number of ether oxygens (including phenoxy) is 5. The van der Waals surface area contributed by atoms with Crippen LogP contribution in [0.4, 0.5) is 0 Å². The van der Waals surface area contributed by atoms with Crippen LogP contribution in [0.1, 0.15) is 213 Å². The number of hydrogen-bond donors (Lipinski definition) is 3. The molecule has 12 heteroatoms. The smallest absolute Gasteiger partial charge is 0.335 e. The van der Waals surface area contributed by atoms with Gasteiger partial charge in [0.2, 0.25) is 0 Å². The highest BCUT2D eigenvalue weighted by Gasteiger charge is 2.50. The van der Waals surface area contributed by atoms with E-state index in [0.29, 0.717) is 25.7 Å². The number of carbonyl (C=O) groups is 4. The Kier molecular flexibility index (Phi) is 42.9. The first-order valence-electron chi connectivity index (χ1n) is 27.6. The summed E-state index contributed by atoms with van der Waals surface area (Å²) in [5, 5.41) is 31.3. The van der Waals surface area contributed by atoms with Gasteiger partial charge < -0.3 is 39.0 Å². The van der Waals surface area contributed by atoms with Crippen LogP contribution in [0.25, 0.3) is 0 Å². The second-order valence-corrected chi connectivity index (χ2v) is 18.5. The Morgan fingerprint density at radius 2 is 0.901 bits per heavy atom. The molecule has 12 nitrogen and oxygen atoms in total. The van der Waals surface area contributed by atoms with Gasteiger partial charge in [0.1, 0.15) is 18.8 Å². The summed E-state index contributed by atoms with van der Waals surface area (Å²) in [4.78, 5) is 50.9. The minimum atomic E-state index is -1.91. The van der Waals surface area contributed by atoms with E-state index in [2.05, 4.69) is 99.8 Å². The number of hydrogen-bond acceptors (Lipinski definition) is 11. The first-order valence-corrected chi connectivity index (χ1v) is 27.6. The molecule has 1 saturated heterocycles. The third kappa shape index (κ3) is 37.3. The zero-order valence-electron chi connectivity index (χ0n) is 44.2. The summed E-state index contributed by atoms with van der Waals surface area (Å²) < 4.78 is 28.2. The van der Waals surface area contributed by atoms with Crippen LogP contribution in [0.15, 0.2) is 85.1 Å². The van der Waals surface area contributed by atoms with Crippen LogP contribution in [0.5, 0.6) is 0 Å². The molecule has 1 heterocycles. The summed E-state index contributed by atoms with van der Waals surface area (Å²) >= 11 is 0. The first kappa shape index (κ1) is 64.9. The van der Waals surface area contributed by atoms with Gasteiger partial charge in [0, 0.05) is 19.3 Å². The lowest BCUT2D eigenvalue weighted by atomic mass is 9.98. The number of allylic oxidation sites excluding steroid dienone is 14. The predicted octanol–water partition coefficient (Wildman–Crippen LogP) is 13.6. The Balaban J connectivity index is 2.76. The second kappa shape index (κ2) is 46.9. The number of carboxylic acids is 1. The fourth-order valence-electron chi connectivity index (χ4n) is 7.73. The third-order valence-corrected chi connectivity index (χ3v) is 12.0. The minimum absolute atomic E-state index is 0.0513. The zero-order chi connectivity index (χ0) is 51.8. The molecule has 0 aromatic heterocycles. The molecule has 1 fully saturated rings.